The topological polar surface area (TPSA) is 54.7 Å². The van der Waals surface area contributed by atoms with Crippen LogP contribution in [0.3, 0.4) is 0 Å². The molecular formula is C18H32N2O3. The lowest BCUT2D eigenvalue weighted by Gasteiger charge is -2.27. The molecule has 0 aliphatic carbocycles. The van der Waals surface area contributed by atoms with E-state index < -0.39 is 5.60 Å². The van der Waals surface area contributed by atoms with Gasteiger partial charge >= 0.3 is 6.09 Å². The van der Waals surface area contributed by atoms with Gasteiger partial charge in [0.2, 0.25) is 0 Å². The number of carbonyl (C=O) groups is 1. The Bertz CT molecular complexity index is 438. The molecule has 1 unspecified atom stereocenters. The number of rotatable bonds is 9. The maximum atomic E-state index is 12.2. The standard InChI is InChI=1S/C18H32N2O3/c1-6-12-20(17(21)23-18(3,4)5)13-11-19-15(2)9-10-16-8-7-14-22-16/h7-8,14-15,19H,6,9-13H2,1-5H3. The molecule has 5 nitrogen and oxygen atoms in total. The molecule has 1 rings (SSSR count). The molecule has 132 valence electrons. The second-order valence-electron chi connectivity index (χ2n) is 6.94. The fourth-order valence-electron chi connectivity index (χ4n) is 2.25. The summed E-state index contributed by atoms with van der Waals surface area (Å²) in [4.78, 5) is 13.9. The van der Waals surface area contributed by atoms with E-state index >= 15 is 0 Å². The van der Waals surface area contributed by atoms with Crippen LogP contribution >= 0.6 is 0 Å². The Morgan fingerprint density at radius 1 is 1.39 bits per heavy atom. The van der Waals surface area contributed by atoms with Gasteiger partial charge in [-0.15, -0.1) is 0 Å². The lowest BCUT2D eigenvalue weighted by molar-refractivity contribution is 0.0250. The molecule has 1 atom stereocenters. The molecule has 0 bridgehead atoms. The fourth-order valence-corrected chi connectivity index (χ4v) is 2.25. The number of aryl methyl sites for hydroxylation is 1. The highest BCUT2D eigenvalue weighted by atomic mass is 16.6. The Morgan fingerprint density at radius 3 is 2.70 bits per heavy atom. The highest BCUT2D eigenvalue weighted by Gasteiger charge is 2.21. The number of ether oxygens (including phenoxy) is 1. The molecule has 1 aromatic rings. The summed E-state index contributed by atoms with van der Waals surface area (Å²) in [5.74, 6) is 1.01. The first-order valence-corrected chi connectivity index (χ1v) is 8.55. The Morgan fingerprint density at radius 2 is 2.13 bits per heavy atom. The Balaban J connectivity index is 2.29. The predicted molar refractivity (Wildman–Crippen MR) is 92.6 cm³/mol. The molecule has 1 aromatic heterocycles. The van der Waals surface area contributed by atoms with Gasteiger partial charge in [0.05, 0.1) is 6.26 Å². The van der Waals surface area contributed by atoms with Gasteiger partial charge in [-0.1, -0.05) is 6.92 Å². The van der Waals surface area contributed by atoms with Gasteiger partial charge in [-0.2, -0.15) is 0 Å². The van der Waals surface area contributed by atoms with Crippen LogP contribution in [0.1, 0.15) is 53.2 Å². The third kappa shape index (κ3) is 8.65. The quantitative estimate of drug-likeness (QED) is 0.750. The van der Waals surface area contributed by atoms with Crippen molar-refractivity contribution >= 4 is 6.09 Å². The number of hydrogen-bond donors (Lipinski definition) is 1. The third-order valence-corrected chi connectivity index (χ3v) is 3.42. The number of nitrogens with zero attached hydrogens (tertiary/aromatic N) is 1. The molecule has 0 spiro atoms. The van der Waals surface area contributed by atoms with Gasteiger partial charge in [0.25, 0.3) is 0 Å². The zero-order valence-corrected chi connectivity index (χ0v) is 15.2. The zero-order chi connectivity index (χ0) is 17.3. The van der Waals surface area contributed by atoms with Gasteiger partial charge in [0.15, 0.2) is 0 Å². The lowest BCUT2D eigenvalue weighted by Crippen LogP contribution is -2.42. The zero-order valence-electron chi connectivity index (χ0n) is 15.2. The van der Waals surface area contributed by atoms with Gasteiger partial charge in [0, 0.05) is 32.1 Å². The number of carbonyl (C=O) groups excluding carboxylic acids is 1. The van der Waals surface area contributed by atoms with E-state index in [9.17, 15) is 4.79 Å². The highest BCUT2D eigenvalue weighted by molar-refractivity contribution is 5.68. The Hall–Kier alpha value is -1.49. The maximum absolute atomic E-state index is 12.2. The molecule has 1 heterocycles. The van der Waals surface area contributed by atoms with Crippen molar-refractivity contribution in [3.8, 4) is 0 Å². The monoisotopic (exact) mass is 324 g/mol. The van der Waals surface area contributed by atoms with Crippen molar-refractivity contribution in [2.75, 3.05) is 19.6 Å². The molecule has 0 aliphatic heterocycles. The van der Waals surface area contributed by atoms with Gasteiger partial charge in [-0.25, -0.2) is 4.79 Å². The van der Waals surface area contributed by atoms with E-state index in [0.717, 1.165) is 38.1 Å². The molecule has 0 aromatic carbocycles. The maximum Gasteiger partial charge on any atom is 0.410 e. The summed E-state index contributed by atoms with van der Waals surface area (Å²) in [5, 5.41) is 3.46. The van der Waals surface area contributed by atoms with Crippen LogP contribution in [0.2, 0.25) is 0 Å². The van der Waals surface area contributed by atoms with Gasteiger partial charge < -0.3 is 19.4 Å². The van der Waals surface area contributed by atoms with E-state index in [2.05, 4.69) is 19.2 Å². The molecule has 23 heavy (non-hydrogen) atoms. The molecule has 1 N–H and O–H groups in total. The van der Waals surface area contributed by atoms with Crippen molar-refractivity contribution in [1.29, 1.82) is 0 Å². The number of nitrogens with one attached hydrogen (secondary N) is 1. The summed E-state index contributed by atoms with van der Waals surface area (Å²) in [6.07, 6.45) is 4.33. The molecule has 1 amide bonds. The van der Waals surface area contributed by atoms with Gasteiger partial charge in [-0.05, 0) is 52.7 Å². The van der Waals surface area contributed by atoms with E-state index in [1.165, 1.54) is 0 Å². The van der Waals surface area contributed by atoms with Crippen LogP contribution in [0, 0.1) is 0 Å². The van der Waals surface area contributed by atoms with E-state index in [-0.39, 0.29) is 6.09 Å². The SMILES string of the molecule is CCCN(CCNC(C)CCc1ccco1)C(=O)OC(C)(C)C. The summed E-state index contributed by atoms with van der Waals surface area (Å²) in [6, 6.07) is 4.29. The fraction of sp³-hybridized carbons (Fsp3) is 0.722. The Labute approximate surface area is 140 Å². The second-order valence-corrected chi connectivity index (χ2v) is 6.94. The smallest absolute Gasteiger partial charge is 0.410 e. The van der Waals surface area contributed by atoms with Crippen molar-refractivity contribution < 1.29 is 13.9 Å². The van der Waals surface area contributed by atoms with E-state index in [1.807, 2.05) is 32.9 Å². The summed E-state index contributed by atoms with van der Waals surface area (Å²) < 4.78 is 10.8. The molecule has 0 aliphatic rings. The average Bonchev–Trinajstić information content (AvgIpc) is 2.95. The minimum atomic E-state index is -0.452. The van der Waals surface area contributed by atoms with Crippen LogP contribution < -0.4 is 5.32 Å². The summed E-state index contributed by atoms with van der Waals surface area (Å²) in [6.45, 7) is 12.0. The van der Waals surface area contributed by atoms with Crippen molar-refractivity contribution in [2.24, 2.45) is 0 Å². The summed E-state index contributed by atoms with van der Waals surface area (Å²) >= 11 is 0. The minimum Gasteiger partial charge on any atom is -0.469 e. The number of hydrogen-bond acceptors (Lipinski definition) is 4. The second kappa shape index (κ2) is 9.60. The van der Waals surface area contributed by atoms with Gasteiger partial charge in [0.1, 0.15) is 11.4 Å². The van der Waals surface area contributed by atoms with Crippen molar-refractivity contribution in [3.05, 3.63) is 24.2 Å². The van der Waals surface area contributed by atoms with Crippen LogP contribution in [-0.2, 0) is 11.2 Å². The average molecular weight is 324 g/mol. The normalized spacial score (nSPS) is 12.9. The van der Waals surface area contributed by atoms with Crippen LogP contribution in [0.5, 0.6) is 0 Å². The van der Waals surface area contributed by atoms with Crippen molar-refractivity contribution in [1.82, 2.24) is 10.2 Å². The van der Waals surface area contributed by atoms with E-state index in [1.54, 1.807) is 11.2 Å². The van der Waals surface area contributed by atoms with E-state index in [4.69, 9.17) is 9.15 Å². The third-order valence-electron chi connectivity index (χ3n) is 3.42. The summed E-state index contributed by atoms with van der Waals surface area (Å²) in [7, 11) is 0. The first-order valence-electron chi connectivity index (χ1n) is 8.55. The van der Waals surface area contributed by atoms with Gasteiger partial charge in [-0.3, -0.25) is 0 Å². The highest BCUT2D eigenvalue weighted by Crippen LogP contribution is 2.10. The summed E-state index contributed by atoms with van der Waals surface area (Å²) in [5.41, 5.74) is -0.452. The van der Waals surface area contributed by atoms with Crippen LogP contribution in [0.15, 0.2) is 22.8 Å². The number of furan rings is 1. The first-order chi connectivity index (χ1) is 10.8. The largest absolute Gasteiger partial charge is 0.469 e. The van der Waals surface area contributed by atoms with Crippen LogP contribution in [0.4, 0.5) is 4.79 Å². The molecule has 0 fully saturated rings. The van der Waals surface area contributed by atoms with E-state index in [0.29, 0.717) is 12.6 Å². The molecule has 5 heteroatoms. The van der Waals surface area contributed by atoms with Crippen LogP contribution in [-0.4, -0.2) is 42.3 Å². The Kier molecular flexibility index (Phi) is 8.17. The van der Waals surface area contributed by atoms with Crippen molar-refractivity contribution in [2.45, 2.75) is 65.5 Å². The first kappa shape index (κ1) is 19.6. The predicted octanol–water partition coefficient (Wildman–Crippen LogP) is 3.84. The lowest BCUT2D eigenvalue weighted by atomic mass is 10.1. The molecule has 0 radical (unpaired) electrons. The van der Waals surface area contributed by atoms with Crippen LogP contribution in [0.25, 0.3) is 0 Å². The number of amides is 1. The molecule has 0 saturated heterocycles. The minimum absolute atomic E-state index is 0.232. The van der Waals surface area contributed by atoms with Crippen molar-refractivity contribution in [3.63, 3.8) is 0 Å². The molecular weight excluding hydrogens is 292 g/mol. The molecule has 0 saturated carbocycles.